The Bertz CT molecular complexity index is 661. The van der Waals surface area contributed by atoms with Crippen LogP contribution < -0.4 is 11.2 Å². The SMILES string of the molecule is CN(C)CCCn1c(=O)[nH]c2ccccc2c1=O.Cl. The average Bonchev–Trinajstić information content (AvgIpc) is 2.33. The number of halogens is 1. The van der Waals surface area contributed by atoms with Crippen LogP contribution in [-0.2, 0) is 6.54 Å². The first-order valence-electron chi connectivity index (χ1n) is 5.96. The highest BCUT2D eigenvalue weighted by atomic mass is 35.5. The van der Waals surface area contributed by atoms with Crippen molar-refractivity contribution in [2.45, 2.75) is 13.0 Å². The van der Waals surface area contributed by atoms with Gasteiger partial charge in [-0.1, -0.05) is 12.1 Å². The highest BCUT2D eigenvalue weighted by molar-refractivity contribution is 5.85. The van der Waals surface area contributed by atoms with E-state index in [2.05, 4.69) is 4.98 Å². The summed E-state index contributed by atoms with van der Waals surface area (Å²) in [4.78, 5) is 28.7. The van der Waals surface area contributed by atoms with E-state index >= 15 is 0 Å². The van der Waals surface area contributed by atoms with E-state index < -0.39 is 0 Å². The Kier molecular flexibility index (Phi) is 5.32. The smallest absolute Gasteiger partial charge is 0.309 e. The molecule has 0 amide bonds. The molecule has 0 saturated carbocycles. The minimum Gasteiger partial charge on any atom is -0.309 e. The molecule has 0 saturated heterocycles. The van der Waals surface area contributed by atoms with Crippen molar-refractivity contribution in [1.29, 1.82) is 0 Å². The molecule has 0 aliphatic heterocycles. The third-order valence-electron chi connectivity index (χ3n) is 2.88. The van der Waals surface area contributed by atoms with Gasteiger partial charge in [-0.05, 0) is 39.2 Å². The number of aromatic amines is 1. The summed E-state index contributed by atoms with van der Waals surface area (Å²) in [6.45, 7) is 1.29. The predicted molar refractivity (Wildman–Crippen MR) is 79.2 cm³/mol. The van der Waals surface area contributed by atoms with Crippen LogP contribution in [0.15, 0.2) is 33.9 Å². The Balaban J connectivity index is 0.00000180. The van der Waals surface area contributed by atoms with Crippen LogP contribution in [0.4, 0.5) is 0 Å². The first kappa shape index (κ1) is 15.5. The van der Waals surface area contributed by atoms with Crippen molar-refractivity contribution < 1.29 is 0 Å². The lowest BCUT2D eigenvalue weighted by molar-refractivity contribution is 0.383. The molecule has 5 nitrogen and oxygen atoms in total. The van der Waals surface area contributed by atoms with Crippen LogP contribution in [-0.4, -0.2) is 35.1 Å². The van der Waals surface area contributed by atoms with Gasteiger partial charge >= 0.3 is 5.69 Å². The Hall–Kier alpha value is -1.59. The van der Waals surface area contributed by atoms with Crippen molar-refractivity contribution in [2.75, 3.05) is 20.6 Å². The Morgan fingerprint density at radius 1 is 1.21 bits per heavy atom. The molecule has 0 unspecified atom stereocenters. The lowest BCUT2D eigenvalue weighted by Crippen LogP contribution is -2.35. The summed E-state index contributed by atoms with van der Waals surface area (Å²) < 4.78 is 1.27. The summed E-state index contributed by atoms with van der Waals surface area (Å²) in [5.41, 5.74) is 0.0434. The van der Waals surface area contributed by atoms with E-state index in [0.29, 0.717) is 17.4 Å². The number of nitrogens with one attached hydrogen (secondary N) is 1. The molecule has 2 aromatic rings. The summed E-state index contributed by atoms with van der Waals surface area (Å²) in [6, 6.07) is 7.07. The van der Waals surface area contributed by atoms with Gasteiger partial charge in [0, 0.05) is 6.54 Å². The molecule has 0 radical (unpaired) electrons. The molecule has 104 valence electrons. The zero-order valence-corrected chi connectivity index (χ0v) is 11.9. The van der Waals surface area contributed by atoms with E-state index in [0.717, 1.165) is 13.0 Å². The molecule has 1 N–H and O–H groups in total. The molecule has 0 spiro atoms. The van der Waals surface area contributed by atoms with Crippen LogP contribution in [0.5, 0.6) is 0 Å². The number of para-hydroxylation sites is 1. The monoisotopic (exact) mass is 283 g/mol. The van der Waals surface area contributed by atoms with Crippen molar-refractivity contribution in [2.24, 2.45) is 0 Å². The highest BCUT2D eigenvalue weighted by Gasteiger charge is 2.06. The minimum atomic E-state index is -0.336. The Labute approximate surface area is 117 Å². The van der Waals surface area contributed by atoms with Gasteiger partial charge in [0.2, 0.25) is 0 Å². The van der Waals surface area contributed by atoms with Crippen molar-refractivity contribution in [1.82, 2.24) is 14.5 Å². The normalized spacial score (nSPS) is 10.7. The number of nitrogens with zero attached hydrogens (tertiary/aromatic N) is 2. The molecule has 1 heterocycles. The molecule has 0 atom stereocenters. The quantitative estimate of drug-likeness (QED) is 0.913. The predicted octanol–water partition coefficient (Wildman–Crippen LogP) is 1.06. The lowest BCUT2D eigenvalue weighted by atomic mass is 10.2. The Morgan fingerprint density at radius 2 is 1.89 bits per heavy atom. The number of H-pyrrole nitrogens is 1. The molecule has 2 rings (SSSR count). The van der Waals surface area contributed by atoms with E-state index in [1.54, 1.807) is 24.3 Å². The number of rotatable bonds is 4. The van der Waals surface area contributed by atoms with Crippen LogP contribution in [0.3, 0.4) is 0 Å². The third-order valence-corrected chi connectivity index (χ3v) is 2.88. The molecule has 1 aromatic carbocycles. The van der Waals surface area contributed by atoms with Gasteiger partial charge in [-0.3, -0.25) is 9.36 Å². The van der Waals surface area contributed by atoms with E-state index in [1.165, 1.54) is 4.57 Å². The maximum atomic E-state index is 12.2. The fourth-order valence-corrected chi connectivity index (χ4v) is 1.95. The summed E-state index contributed by atoms with van der Waals surface area (Å²) in [5.74, 6) is 0. The van der Waals surface area contributed by atoms with Gasteiger partial charge in [-0.15, -0.1) is 12.4 Å². The molecule has 0 bridgehead atoms. The zero-order chi connectivity index (χ0) is 13.1. The van der Waals surface area contributed by atoms with Gasteiger partial charge in [-0.2, -0.15) is 0 Å². The summed E-state index contributed by atoms with van der Waals surface area (Å²) in [5, 5.41) is 0.557. The Morgan fingerprint density at radius 3 is 2.58 bits per heavy atom. The zero-order valence-electron chi connectivity index (χ0n) is 11.0. The lowest BCUT2D eigenvalue weighted by Gasteiger charge is -2.10. The van der Waals surface area contributed by atoms with E-state index in [4.69, 9.17) is 0 Å². The van der Waals surface area contributed by atoms with E-state index in [1.807, 2.05) is 19.0 Å². The third kappa shape index (κ3) is 3.45. The minimum absolute atomic E-state index is 0. The summed E-state index contributed by atoms with van der Waals surface area (Å²) in [6.07, 6.45) is 0.772. The summed E-state index contributed by atoms with van der Waals surface area (Å²) >= 11 is 0. The van der Waals surface area contributed by atoms with Crippen molar-refractivity contribution >= 4 is 23.3 Å². The van der Waals surface area contributed by atoms with Crippen LogP contribution in [0, 0.1) is 0 Å². The second-order valence-corrected chi connectivity index (χ2v) is 4.59. The highest BCUT2D eigenvalue weighted by Crippen LogP contribution is 2.02. The molecule has 0 aliphatic carbocycles. The number of hydrogen-bond donors (Lipinski definition) is 1. The fourth-order valence-electron chi connectivity index (χ4n) is 1.95. The molecule has 0 fully saturated rings. The molecule has 6 heteroatoms. The summed E-state index contributed by atoms with van der Waals surface area (Å²) in [7, 11) is 3.93. The van der Waals surface area contributed by atoms with Gasteiger partial charge in [0.1, 0.15) is 0 Å². The van der Waals surface area contributed by atoms with E-state index in [9.17, 15) is 9.59 Å². The molecule has 0 aliphatic rings. The average molecular weight is 284 g/mol. The molecular weight excluding hydrogens is 266 g/mol. The van der Waals surface area contributed by atoms with Crippen molar-refractivity contribution in [3.05, 3.63) is 45.1 Å². The topological polar surface area (TPSA) is 58.1 Å². The fraction of sp³-hybridized carbons (Fsp3) is 0.385. The molecular formula is C13H18ClN3O2. The standard InChI is InChI=1S/C13H17N3O2.ClH/c1-15(2)8-5-9-16-12(17)10-6-3-4-7-11(10)14-13(16)18;/h3-4,6-7H,5,8-9H2,1-2H3,(H,14,18);1H. The second-order valence-electron chi connectivity index (χ2n) is 4.59. The maximum Gasteiger partial charge on any atom is 0.328 e. The van der Waals surface area contributed by atoms with Gasteiger partial charge in [0.15, 0.2) is 0 Å². The van der Waals surface area contributed by atoms with Gasteiger partial charge in [0.05, 0.1) is 10.9 Å². The van der Waals surface area contributed by atoms with Crippen molar-refractivity contribution in [3.63, 3.8) is 0 Å². The number of hydrogen-bond acceptors (Lipinski definition) is 3. The van der Waals surface area contributed by atoms with Crippen molar-refractivity contribution in [3.8, 4) is 0 Å². The first-order valence-corrected chi connectivity index (χ1v) is 5.96. The number of aromatic nitrogens is 2. The molecule has 19 heavy (non-hydrogen) atoms. The van der Waals surface area contributed by atoms with E-state index in [-0.39, 0.29) is 23.7 Å². The van der Waals surface area contributed by atoms with Gasteiger partial charge < -0.3 is 9.88 Å². The number of fused-ring (bicyclic) bond motifs is 1. The van der Waals surface area contributed by atoms with Crippen LogP contribution in [0.25, 0.3) is 10.9 Å². The van der Waals surface area contributed by atoms with Crippen LogP contribution in [0.2, 0.25) is 0 Å². The molecule has 1 aromatic heterocycles. The number of benzene rings is 1. The largest absolute Gasteiger partial charge is 0.328 e. The van der Waals surface area contributed by atoms with Gasteiger partial charge in [-0.25, -0.2) is 4.79 Å². The second kappa shape index (κ2) is 6.54. The maximum absolute atomic E-state index is 12.2. The van der Waals surface area contributed by atoms with Crippen LogP contribution >= 0.6 is 12.4 Å². The van der Waals surface area contributed by atoms with Crippen LogP contribution in [0.1, 0.15) is 6.42 Å². The first-order chi connectivity index (χ1) is 8.59. The van der Waals surface area contributed by atoms with Gasteiger partial charge in [0.25, 0.3) is 5.56 Å².